The Morgan fingerprint density at radius 1 is 1.03 bits per heavy atom. The Labute approximate surface area is 183 Å². The number of benzene rings is 2. The molecule has 0 spiro atoms. The average molecular weight is 424 g/mol. The number of nitrogens with zero attached hydrogens (tertiary/aromatic N) is 1. The SMILES string of the molecule is CCOC(=O)N1C2CCC1C(C(=O)OC)C(c1ccc(-c3cccc(OC)c3)cc1)C2. The second-order valence-electron chi connectivity index (χ2n) is 8.15. The summed E-state index contributed by atoms with van der Waals surface area (Å²) in [4.78, 5) is 27.1. The fourth-order valence-electron chi connectivity index (χ4n) is 5.21. The average Bonchev–Trinajstić information content (AvgIpc) is 3.12. The minimum Gasteiger partial charge on any atom is -0.497 e. The lowest BCUT2D eigenvalue weighted by Crippen LogP contribution is -2.53. The Morgan fingerprint density at radius 3 is 2.48 bits per heavy atom. The van der Waals surface area contributed by atoms with Gasteiger partial charge in [-0.3, -0.25) is 4.79 Å². The number of methoxy groups -OCH3 is 2. The summed E-state index contributed by atoms with van der Waals surface area (Å²) in [5.41, 5.74) is 3.26. The van der Waals surface area contributed by atoms with E-state index in [0.717, 1.165) is 41.7 Å². The van der Waals surface area contributed by atoms with Crippen LogP contribution in [0.4, 0.5) is 4.79 Å². The zero-order valence-corrected chi connectivity index (χ0v) is 18.2. The summed E-state index contributed by atoms with van der Waals surface area (Å²) >= 11 is 0. The van der Waals surface area contributed by atoms with Gasteiger partial charge in [-0.2, -0.15) is 0 Å². The van der Waals surface area contributed by atoms with Crippen LogP contribution in [0.25, 0.3) is 11.1 Å². The van der Waals surface area contributed by atoms with Crippen LogP contribution in [0.5, 0.6) is 5.75 Å². The summed E-state index contributed by atoms with van der Waals surface area (Å²) in [6.45, 7) is 2.13. The summed E-state index contributed by atoms with van der Waals surface area (Å²) in [5, 5.41) is 0. The van der Waals surface area contributed by atoms with Crippen molar-refractivity contribution in [2.75, 3.05) is 20.8 Å². The Bertz CT molecular complexity index is 941. The number of esters is 1. The highest BCUT2D eigenvalue weighted by Crippen LogP contribution is 2.48. The third-order valence-corrected chi connectivity index (χ3v) is 6.61. The fourth-order valence-corrected chi connectivity index (χ4v) is 5.21. The summed E-state index contributed by atoms with van der Waals surface area (Å²) in [6.07, 6.45) is 2.08. The van der Waals surface area contributed by atoms with Gasteiger partial charge in [0.05, 0.1) is 26.7 Å². The first kappa shape index (κ1) is 21.2. The molecule has 0 aromatic heterocycles. The molecule has 6 heteroatoms. The number of amides is 1. The molecular weight excluding hydrogens is 394 g/mol. The van der Waals surface area contributed by atoms with Crippen LogP contribution in [0.3, 0.4) is 0 Å². The normalized spacial score (nSPS) is 24.5. The summed E-state index contributed by atoms with van der Waals surface area (Å²) < 4.78 is 15.8. The topological polar surface area (TPSA) is 65.1 Å². The Balaban J connectivity index is 1.62. The molecule has 164 valence electrons. The monoisotopic (exact) mass is 423 g/mol. The molecule has 2 aliphatic heterocycles. The predicted octanol–water partition coefficient (Wildman–Crippen LogP) is 4.63. The lowest BCUT2D eigenvalue weighted by Gasteiger charge is -2.42. The van der Waals surface area contributed by atoms with Crippen molar-refractivity contribution in [2.24, 2.45) is 5.92 Å². The lowest BCUT2D eigenvalue weighted by molar-refractivity contribution is -0.150. The third-order valence-electron chi connectivity index (χ3n) is 6.61. The first-order valence-electron chi connectivity index (χ1n) is 10.8. The van der Waals surface area contributed by atoms with Crippen molar-refractivity contribution in [3.05, 3.63) is 54.1 Å². The van der Waals surface area contributed by atoms with E-state index in [1.54, 1.807) is 18.9 Å². The van der Waals surface area contributed by atoms with Crippen molar-refractivity contribution in [3.8, 4) is 16.9 Å². The first-order valence-corrected chi connectivity index (χ1v) is 10.8. The molecule has 2 fully saturated rings. The van der Waals surface area contributed by atoms with E-state index in [0.29, 0.717) is 6.61 Å². The Kier molecular flexibility index (Phi) is 6.16. The minimum atomic E-state index is -0.393. The van der Waals surface area contributed by atoms with Gasteiger partial charge in [0.2, 0.25) is 0 Å². The fraction of sp³-hybridized carbons (Fsp3) is 0.440. The van der Waals surface area contributed by atoms with E-state index in [2.05, 4.69) is 24.3 Å². The summed E-state index contributed by atoms with van der Waals surface area (Å²) in [7, 11) is 3.08. The predicted molar refractivity (Wildman–Crippen MR) is 117 cm³/mol. The van der Waals surface area contributed by atoms with Crippen LogP contribution in [-0.4, -0.2) is 49.9 Å². The van der Waals surface area contributed by atoms with Crippen molar-refractivity contribution in [3.63, 3.8) is 0 Å². The van der Waals surface area contributed by atoms with Gasteiger partial charge in [0.25, 0.3) is 0 Å². The van der Waals surface area contributed by atoms with Crippen molar-refractivity contribution in [1.29, 1.82) is 0 Å². The second-order valence-corrected chi connectivity index (χ2v) is 8.15. The number of piperidine rings is 1. The maximum atomic E-state index is 12.8. The smallest absolute Gasteiger partial charge is 0.410 e. The van der Waals surface area contributed by atoms with Crippen molar-refractivity contribution < 1.29 is 23.8 Å². The van der Waals surface area contributed by atoms with Gasteiger partial charge < -0.3 is 19.1 Å². The molecule has 4 rings (SSSR count). The molecular formula is C25H29NO5. The highest BCUT2D eigenvalue weighted by Gasteiger charge is 2.53. The van der Waals surface area contributed by atoms with Crippen LogP contribution in [0.1, 0.15) is 37.7 Å². The molecule has 4 atom stereocenters. The Morgan fingerprint density at radius 2 is 1.81 bits per heavy atom. The highest BCUT2D eigenvalue weighted by molar-refractivity contribution is 5.78. The van der Waals surface area contributed by atoms with Gasteiger partial charge in [0.1, 0.15) is 5.75 Å². The van der Waals surface area contributed by atoms with Crippen molar-refractivity contribution >= 4 is 12.1 Å². The van der Waals surface area contributed by atoms with Crippen LogP contribution in [0.2, 0.25) is 0 Å². The van der Waals surface area contributed by atoms with E-state index in [1.165, 1.54) is 7.11 Å². The number of carbonyl (C=O) groups is 2. The molecule has 0 N–H and O–H groups in total. The second kappa shape index (κ2) is 9.00. The molecule has 4 unspecified atom stereocenters. The molecule has 2 saturated heterocycles. The number of carbonyl (C=O) groups excluding carboxylic acids is 2. The van der Waals surface area contributed by atoms with E-state index in [4.69, 9.17) is 14.2 Å². The maximum absolute atomic E-state index is 12.8. The van der Waals surface area contributed by atoms with Crippen LogP contribution in [-0.2, 0) is 14.3 Å². The van der Waals surface area contributed by atoms with Crippen LogP contribution < -0.4 is 4.74 Å². The van der Waals surface area contributed by atoms with E-state index in [9.17, 15) is 9.59 Å². The number of hydrogen-bond donors (Lipinski definition) is 0. The quantitative estimate of drug-likeness (QED) is 0.656. The summed E-state index contributed by atoms with van der Waals surface area (Å²) in [5.74, 6) is 0.169. The minimum absolute atomic E-state index is 0.00925. The molecule has 6 nitrogen and oxygen atoms in total. The molecule has 2 aromatic rings. The van der Waals surface area contributed by atoms with Crippen LogP contribution >= 0.6 is 0 Å². The number of rotatable bonds is 5. The maximum Gasteiger partial charge on any atom is 0.410 e. The van der Waals surface area contributed by atoms with Crippen LogP contribution in [0, 0.1) is 5.92 Å². The molecule has 0 radical (unpaired) electrons. The zero-order chi connectivity index (χ0) is 22.0. The van der Waals surface area contributed by atoms with E-state index in [1.807, 2.05) is 24.3 Å². The molecule has 0 saturated carbocycles. The molecule has 2 bridgehead atoms. The van der Waals surface area contributed by atoms with Gasteiger partial charge in [-0.15, -0.1) is 0 Å². The molecule has 2 aliphatic rings. The highest BCUT2D eigenvalue weighted by atomic mass is 16.6. The van der Waals surface area contributed by atoms with E-state index in [-0.39, 0.29) is 30.1 Å². The van der Waals surface area contributed by atoms with Crippen molar-refractivity contribution in [2.45, 2.75) is 44.2 Å². The number of hydrogen-bond acceptors (Lipinski definition) is 5. The largest absolute Gasteiger partial charge is 0.497 e. The third kappa shape index (κ3) is 3.99. The molecule has 1 amide bonds. The first-order chi connectivity index (χ1) is 15.1. The molecule has 31 heavy (non-hydrogen) atoms. The van der Waals surface area contributed by atoms with Gasteiger partial charge in [0, 0.05) is 18.0 Å². The van der Waals surface area contributed by atoms with Gasteiger partial charge in [-0.05, 0) is 55.0 Å². The van der Waals surface area contributed by atoms with E-state index < -0.39 is 5.92 Å². The van der Waals surface area contributed by atoms with E-state index >= 15 is 0 Å². The Hall–Kier alpha value is -3.02. The number of ether oxygens (including phenoxy) is 3. The standard InChI is InChI=1S/C25H29NO5/c1-4-31-25(28)26-19-12-13-22(26)23(24(27)30-3)21(15-19)17-10-8-16(9-11-17)18-6-5-7-20(14-18)29-2/h5-11,14,19,21-23H,4,12-13,15H2,1-3H3. The molecule has 2 heterocycles. The number of fused-ring (bicyclic) bond motifs is 2. The zero-order valence-electron chi connectivity index (χ0n) is 18.2. The van der Waals surface area contributed by atoms with Gasteiger partial charge in [-0.25, -0.2) is 4.79 Å². The van der Waals surface area contributed by atoms with Crippen LogP contribution in [0.15, 0.2) is 48.5 Å². The van der Waals surface area contributed by atoms with Crippen molar-refractivity contribution in [1.82, 2.24) is 4.90 Å². The van der Waals surface area contributed by atoms with Gasteiger partial charge in [-0.1, -0.05) is 36.4 Å². The molecule has 0 aliphatic carbocycles. The summed E-state index contributed by atoms with van der Waals surface area (Å²) in [6, 6.07) is 16.2. The van der Waals surface area contributed by atoms with Gasteiger partial charge >= 0.3 is 12.1 Å². The molecule has 2 aromatic carbocycles. The van der Waals surface area contributed by atoms with Gasteiger partial charge in [0.15, 0.2) is 0 Å². The lowest BCUT2D eigenvalue weighted by atomic mass is 9.76.